The van der Waals surface area contributed by atoms with E-state index < -0.39 is 0 Å². The van der Waals surface area contributed by atoms with Gasteiger partial charge >= 0.3 is 5.97 Å². The van der Waals surface area contributed by atoms with Crippen LogP contribution in [0.2, 0.25) is 0 Å². The molecule has 0 aliphatic carbocycles. The van der Waals surface area contributed by atoms with Crippen LogP contribution in [0.3, 0.4) is 0 Å². The number of hydrogen-bond donors (Lipinski definition) is 0. The number of methoxy groups -OCH3 is 1. The van der Waals surface area contributed by atoms with Crippen molar-refractivity contribution in [3.63, 3.8) is 0 Å². The average molecular weight is 261 g/mol. The van der Waals surface area contributed by atoms with Gasteiger partial charge in [-0.3, -0.25) is 9.59 Å². The number of nitrogens with zero attached hydrogens (tertiary/aromatic N) is 1. The summed E-state index contributed by atoms with van der Waals surface area (Å²) in [5, 5.41) is 0. The van der Waals surface area contributed by atoms with Gasteiger partial charge < -0.3 is 9.64 Å². The third-order valence-electron chi connectivity index (χ3n) is 3.72. The van der Waals surface area contributed by atoms with E-state index in [1.54, 1.807) is 4.90 Å². The van der Waals surface area contributed by atoms with E-state index in [0.29, 0.717) is 13.0 Å². The van der Waals surface area contributed by atoms with Crippen LogP contribution in [-0.2, 0) is 20.9 Å². The van der Waals surface area contributed by atoms with Crippen LogP contribution in [0.1, 0.15) is 25.3 Å². The Kier molecular flexibility index (Phi) is 4.20. The van der Waals surface area contributed by atoms with Gasteiger partial charge in [0.2, 0.25) is 5.91 Å². The van der Waals surface area contributed by atoms with Crippen LogP contribution in [0.4, 0.5) is 0 Å². The van der Waals surface area contributed by atoms with Crippen molar-refractivity contribution in [2.45, 2.75) is 32.4 Å². The summed E-state index contributed by atoms with van der Waals surface area (Å²) in [6, 6.07) is 9.78. The molecule has 1 aliphatic heterocycles. The molecule has 0 N–H and O–H groups in total. The van der Waals surface area contributed by atoms with E-state index in [0.717, 1.165) is 12.0 Å². The number of hydrogen-bond acceptors (Lipinski definition) is 3. The van der Waals surface area contributed by atoms with Crippen molar-refractivity contribution < 1.29 is 14.3 Å². The summed E-state index contributed by atoms with van der Waals surface area (Å²) in [5.74, 6) is -0.414. The molecule has 2 unspecified atom stereocenters. The quantitative estimate of drug-likeness (QED) is 0.779. The Hall–Kier alpha value is -1.84. The summed E-state index contributed by atoms with van der Waals surface area (Å²) >= 11 is 0. The van der Waals surface area contributed by atoms with Crippen molar-refractivity contribution in [1.29, 1.82) is 0 Å². The van der Waals surface area contributed by atoms with Crippen molar-refractivity contribution in [2.24, 2.45) is 5.92 Å². The molecule has 0 aromatic heterocycles. The molecule has 2 atom stereocenters. The lowest BCUT2D eigenvalue weighted by atomic mass is 9.99. The number of ether oxygens (including phenoxy) is 1. The Morgan fingerprint density at radius 3 is 2.74 bits per heavy atom. The first-order chi connectivity index (χ1) is 9.13. The van der Waals surface area contributed by atoms with E-state index in [9.17, 15) is 9.59 Å². The molecule has 1 saturated heterocycles. The first kappa shape index (κ1) is 13.6. The van der Waals surface area contributed by atoms with Crippen LogP contribution < -0.4 is 0 Å². The van der Waals surface area contributed by atoms with E-state index in [-0.39, 0.29) is 23.8 Å². The van der Waals surface area contributed by atoms with E-state index in [1.165, 1.54) is 7.11 Å². The summed E-state index contributed by atoms with van der Waals surface area (Å²) in [7, 11) is 1.39. The fourth-order valence-electron chi connectivity index (χ4n) is 2.60. The summed E-state index contributed by atoms with van der Waals surface area (Å²) in [4.78, 5) is 25.4. The Bertz CT molecular complexity index is 458. The molecule has 0 saturated carbocycles. The lowest BCUT2D eigenvalue weighted by molar-refractivity contribution is -0.147. The van der Waals surface area contributed by atoms with Gasteiger partial charge in [0.1, 0.15) is 0 Å². The van der Waals surface area contributed by atoms with Crippen molar-refractivity contribution in [3.05, 3.63) is 35.9 Å². The third-order valence-corrected chi connectivity index (χ3v) is 3.72. The van der Waals surface area contributed by atoms with Gasteiger partial charge in [-0.25, -0.2) is 0 Å². The number of carbonyl (C=O) groups excluding carboxylic acids is 2. The fourth-order valence-corrected chi connectivity index (χ4v) is 2.60. The molecule has 0 bridgehead atoms. The number of benzene rings is 1. The second-order valence-corrected chi connectivity index (χ2v) is 4.93. The first-order valence-electron chi connectivity index (χ1n) is 6.54. The minimum absolute atomic E-state index is 0.0554. The van der Waals surface area contributed by atoms with Gasteiger partial charge in [-0.15, -0.1) is 0 Å². The van der Waals surface area contributed by atoms with Crippen LogP contribution in [0.25, 0.3) is 0 Å². The average Bonchev–Trinajstić information content (AvgIpc) is 2.80. The molecule has 1 aromatic carbocycles. The summed E-state index contributed by atoms with van der Waals surface area (Å²) in [6.45, 7) is 2.39. The summed E-state index contributed by atoms with van der Waals surface area (Å²) in [6.07, 6.45) is 1.24. The zero-order chi connectivity index (χ0) is 13.8. The molecular formula is C15H19NO3. The largest absolute Gasteiger partial charge is 0.469 e. The summed E-state index contributed by atoms with van der Waals surface area (Å²) in [5.41, 5.74) is 1.08. The van der Waals surface area contributed by atoms with Gasteiger partial charge in [0, 0.05) is 19.0 Å². The molecule has 1 aliphatic rings. The Morgan fingerprint density at radius 2 is 2.11 bits per heavy atom. The summed E-state index contributed by atoms with van der Waals surface area (Å²) < 4.78 is 4.78. The van der Waals surface area contributed by atoms with E-state index >= 15 is 0 Å². The predicted molar refractivity (Wildman–Crippen MR) is 71.2 cm³/mol. The second kappa shape index (κ2) is 5.87. The van der Waals surface area contributed by atoms with Crippen molar-refractivity contribution >= 4 is 11.9 Å². The van der Waals surface area contributed by atoms with Crippen molar-refractivity contribution in [2.75, 3.05) is 7.11 Å². The molecule has 2 rings (SSSR count). The number of rotatable bonds is 4. The molecule has 1 aromatic rings. The van der Waals surface area contributed by atoms with Gasteiger partial charge in [-0.1, -0.05) is 30.3 Å². The van der Waals surface area contributed by atoms with Crippen molar-refractivity contribution in [3.8, 4) is 0 Å². The highest BCUT2D eigenvalue weighted by atomic mass is 16.5. The maximum absolute atomic E-state index is 12.0. The normalized spacial score (nSPS) is 20.4. The van der Waals surface area contributed by atoms with Crippen LogP contribution in [0.5, 0.6) is 0 Å². The van der Waals surface area contributed by atoms with Gasteiger partial charge in [0.15, 0.2) is 0 Å². The van der Waals surface area contributed by atoms with Crippen LogP contribution in [0, 0.1) is 5.92 Å². The van der Waals surface area contributed by atoms with E-state index in [1.807, 2.05) is 37.3 Å². The van der Waals surface area contributed by atoms with Crippen LogP contribution >= 0.6 is 0 Å². The van der Waals surface area contributed by atoms with E-state index in [4.69, 9.17) is 4.74 Å². The fraction of sp³-hybridized carbons (Fsp3) is 0.467. The minimum atomic E-state index is -0.278. The van der Waals surface area contributed by atoms with Gasteiger partial charge in [0.05, 0.1) is 13.0 Å². The lowest BCUT2D eigenvalue weighted by Crippen LogP contribution is -2.40. The maximum atomic E-state index is 12.0. The molecule has 1 heterocycles. The van der Waals surface area contributed by atoms with Crippen LogP contribution in [0.15, 0.2) is 30.3 Å². The van der Waals surface area contributed by atoms with Gasteiger partial charge in [0.25, 0.3) is 0 Å². The van der Waals surface area contributed by atoms with Gasteiger partial charge in [-0.2, -0.15) is 0 Å². The molecule has 19 heavy (non-hydrogen) atoms. The molecule has 4 nitrogen and oxygen atoms in total. The van der Waals surface area contributed by atoms with E-state index in [2.05, 4.69) is 0 Å². The minimum Gasteiger partial charge on any atom is -0.469 e. The molecule has 4 heteroatoms. The predicted octanol–water partition coefficient (Wildman–Crippen LogP) is 1.99. The number of esters is 1. The Labute approximate surface area is 113 Å². The SMILES string of the molecule is COC(=O)C(C)C1CCC(=O)N1Cc1ccccc1. The highest BCUT2D eigenvalue weighted by Gasteiger charge is 2.37. The highest BCUT2D eigenvalue weighted by Crippen LogP contribution is 2.27. The lowest BCUT2D eigenvalue weighted by Gasteiger charge is -2.28. The Balaban J connectivity index is 2.12. The maximum Gasteiger partial charge on any atom is 0.310 e. The topological polar surface area (TPSA) is 46.6 Å². The second-order valence-electron chi connectivity index (χ2n) is 4.93. The highest BCUT2D eigenvalue weighted by molar-refractivity contribution is 5.81. The third kappa shape index (κ3) is 2.95. The molecule has 102 valence electrons. The first-order valence-corrected chi connectivity index (χ1v) is 6.54. The zero-order valence-corrected chi connectivity index (χ0v) is 11.3. The molecule has 1 amide bonds. The number of likely N-dealkylation sites (tertiary alicyclic amines) is 1. The molecule has 1 fully saturated rings. The molecular weight excluding hydrogens is 242 g/mol. The van der Waals surface area contributed by atoms with Gasteiger partial charge in [-0.05, 0) is 18.9 Å². The number of carbonyl (C=O) groups is 2. The monoisotopic (exact) mass is 261 g/mol. The number of amides is 1. The smallest absolute Gasteiger partial charge is 0.310 e. The Morgan fingerprint density at radius 1 is 1.42 bits per heavy atom. The molecule has 0 radical (unpaired) electrons. The zero-order valence-electron chi connectivity index (χ0n) is 11.3. The van der Waals surface area contributed by atoms with Crippen molar-refractivity contribution in [1.82, 2.24) is 4.90 Å². The van der Waals surface area contributed by atoms with Crippen LogP contribution in [-0.4, -0.2) is 29.9 Å². The standard InChI is InChI=1S/C15H19NO3/c1-11(15(18)19-2)13-8-9-14(17)16(13)10-12-6-4-3-5-7-12/h3-7,11,13H,8-10H2,1-2H3. The molecule has 0 spiro atoms.